The molecule has 0 unspecified atom stereocenters. The van der Waals surface area contributed by atoms with Gasteiger partial charge in [0.1, 0.15) is 11.5 Å². The first kappa shape index (κ1) is 22.1. The van der Waals surface area contributed by atoms with Gasteiger partial charge in [0.2, 0.25) is 5.88 Å². The molecule has 1 amide bonds. The highest BCUT2D eigenvalue weighted by molar-refractivity contribution is 5.96. The minimum Gasteiger partial charge on any atom is -0.497 e. The van der Waals surface area contributed by atoms with E-state index in [0.717, 1.165) is 22.2 Å². The Kier molecular flexibility index (Phi) is 6.17. The molecule has 0 aliphatic heterocycles. The zero-order valence-electron chi connectivity index (χ0n) is 19.2. The number of rotatable bonds is 7. The van der Waals surface area contributed by atoms with E-state index in [9.17, 15) is 4.79 Å². The van der Waals surface area contributed by atoms with Crippen LogP contribution in [0.3, 0.4) is 0 Å². The van der Waals surface area contributed by atoms with E-state index in [4.69, 9.17) is 14.2 Å². The summed E-state index contributed by atoms with van der Waals surface area (Å²) < 4.78 is 18.2. The number of nitrogens with one attached hydrogen (secondary N) is 1. The number of nitrogens with zero attached hydrogens (tertiary/aromatic N) is 3. The second-order valence-corrected chi connectivity index (χ2v) is 7.63. The van der Waals surface area contributed by atoms with Crippen molar-refractivity contribution in [3.63, 3.8) is 0 Å². The Morgan fingerprint density at radius 1 is 1.03 bits per heavy atom. The van der Waals surface area contributed by atoms with E-state index < -0.39 is 6.10 Å². The van der Waals surface area contributed by atoms with Crippen LogP contribution in [0.4, 0.5) is 5.69 Å². The van der Waals surface area contributed by atoms with Crippen molar-refractivity contribution < 1.29 is 19.0 Å². The van der Waals surface area contributed by atoms with Crippen molar-refractivity contribution in [3.05, 3.63) is 60.3 Å². The zero-order chi connectivity index (χ0) is 23.5. The molecule has 0 radical (unpaired) electrons. The Bertz CT molecular complexity index is 1280. The third kappa shape index (κ3) is 4.59. The van der Waals surface area contributed by atoms with Crippen molar-refractivity contribution >= 4 is 22.6 Å². The number of amides is 1. The van der Waals surface area contributed by atoms with Crippen LogP contribution in [0.1, 0.15) is 12.6 Å². The first-order chi connectivity index (χ1) is 15.9. The normalized spacial score (nSPS) is 11.8. The highest BCUT2D eigenvalue weighted by Gasteiger charge is 2.20. The predicted molar refractivity (Wildman–Crippen MR) is 127 cm³/mol. The summed E-state index contributed by atoms with van der Waals surface area (Å²) in [6, 6.07) is 17.0. The van der Waals surface area contributed by atoms with Gasteiger partial charge in [0.25, 0.3) is 5.91 Å². The largest absolute Gasteiger partial charge is 0.497 e. The van der Waals surface area contributed by atoms with E-state index in [1.54, 1.807) is 44.0 Å². The molecule has 4 rings (SSSR count). The van der Waals surface area contributed by atoms with Crippen molar-refractivity contribution in [1.29, 1.82) is 0 Å². The molecule has 4 aromatic rings. The van der Waals surface area contributed by atoms with E-state index in [0.29, 0.717) is 28.7 Å². The summed E-state index contributed by atoms with van der Waals surface area (Å²) in [5.41, 5.74) is 4.08. The van der Waals surface area contributed by atoms with E-state index >= 15 is 0 Å². The summed E-state index contributed by atoms with van der Waals surface area (Å²) in [4.78, 5) is 17.5. The molecule has 0 bridgehead atoms. The third-order valence-corrected chi connectivity index (χ3v) is 5.32. The quantitative estimate of drug-likeness (QED) is 0.454. The number of anilines is 1. The highest BCUT2D eigenvalue weighted by Crippen LogP contribution is 2.33. The van der Waals surface area contributed by atoms with Gasteiger partial charge >= 0.3 is 0 Å². The number of carbonyl (C=O) groups is 1. The van der Waals surface area contributed by atoms with Gasteiger partial charge in [0, 0.05) is 37.0 Å². The number of pyridine rings is 1. The second-order valence-electron chi connectivity index (χ2n) is 7.63. The molecule has 0 fully saturated rings. The minimum atomic E-state index is -0.801. The topological polar surface area (TPSA) is 87.5 Å². The van der Waals surface area contributed by atoms with Gasteiger partial charge in [0.05, 0.1) is 25.3 Å². The molecule has 8 nitrogen and oxygen atoms in total. The van der Waals surface area contributed by atoms with Gasteiger partial charge in [-0.1, -0.05) is 30.3 Å². The van der Waals surface area contributed by atoms with Crippen LogP contribution >= 0.6 is 0 Å². The molecule has 1 atom stereocenters. The van der Waals surface area contributed by atoms with Crippen LogP contribution in [0.25, 0.3) is 22.2 Å². The Morgan fingerprint density at radius 2 is 1.70 bits per heavy atom. The Labute approximate surface area is 192 Å². The van der Waals surface area contributed by atoms with Crippen LogP contribution in [-0.2, 0) is 11.8 Å². The first-order valence-corrected chi connectivity index (χ1v) is 10.5. The maximum Gasteiger partial charge on any atom is 0.265 e. The summed E-state index contributed by atoms with van der Waals surface area (Å²) in [5.74, 6) is 1.17. The lowest BCUT2D eigenvalue weighted by Crippen LogP contribution is -2.30. The van der Waals surface area contributed by atoms with Crippen LogP contribution in [-0.4, -0.2) is 41.0 Å². The molecule has 0 saturated carbocycles. The number of methoxy groups -OCH3 is 2. The summed E-state index contributed by atoms with van der Waals surface area (Å²) in [6.07, 6.45) is -0.801. The van der Waals surface area contributed by atoms with Gasteiger partial charge in [-0.05, 0) is 25.0 Å². The van der Waals surface area contributed by atoms with Crippen LogP contribution in [0.5, 0.6) is 17.4 Å². The molecule has 170 valence electrons. The molecule has 2 aromatic carbocycles. The van der Waals surface area contributed by atoms with Gasteiger partial charge in [-0.3, -0.25) is 9.48 Å². The summed E-state index contributed by atoms with van der Waals surface area (Å²) in [5, 5.41) is 8.31. The predicted octanol–water partition coefficient (Wildman–Crippen LogP) is 4.37. The van der Waals surface area contributed by atoms with Crippen molar-refractivity contribution in [2.75, 3.05) is 19.5 Å². The second kappa shape index (κ2) is 9.20. The highest BCUT2D eigenvalue weighted by atomic mass is 16.5. The molecule has 33 heavy (non-hydrogen) atoms. The lowest BCUT2D eigenvalue weighted by molar-refractivity contribution is -0.122. The van der Waals surface area contributed by atoms with Crippen molar-refractivity contribution in [1.82, 2.24) is 14.8 Å². The van der Waals surface area contributed by atoms with Crippen LogP contribution < -0.4 is 19.5 Å². The van der Waals surface area contributed by atoms with E-state index in [2.05, 4.69) is 15.4 Å². The lowest BCUT2D eigenvalue weighted by atomic mass is 10.0. The number of fused-ring (bicyclic) bond motifs is 1. The molecular weight excluding hydrogens is 420 g/mol. The minimum absolute atomic E-state index is 0.324. The fraction of sp³-hybridized carbons (Fsp3) is 0.240. The maximum absolute atomic E-state index is 12.8. The molecule has 1 N–H and O–H groups in total. The van der Waals surface area contributed by atoms with Crippen LogP contribution in [0, 0.1) is 6.92 Å². The Hall–Kier alpha value is -4.07. The molecule has 2 aromatic heterocycles. The first-order valence-electron chi connectivity index (χ1n) is 10.5. The average Bonchev–Trinajstić information content (AvgIpc) is 3.11. The number of benzene rings is 2. The van der Waals surface area contributed by atoms with E-state index in [-0.39, 0.29) is 5.91 Å². The van der Waals surface area contributed by atoms with E-state index in [1.807, 2.05) is 50.4 Å². The number of hydrogen-bond donors (Lipinski definition) is 1. The van der Waals surface area contributed by atoms with Crippen molar-refractivity contribution in [3.8, 4) is 28.5 Å². The standard InChI is InChI=1S/C25H26N4O4/c1-15-23-21(17-9-7-6-8-10-17)14-22(27-24(23)29(3)28-15)33-16(2)25(30)26-18-11-19(31-4)13-20(12-18)32-5/h6-14,16H,1-5H3,(H,26,30)/t16-/m1/s1. The number of aryl methyl sites for hydroxylation is 2. The molecule has 0 saturated heterocycles. The fourth-order valence-corrected chi connectivity index (χ4v) is 3.69. The summed E-state index contributed by atoms with van der Waals surface area (Å²) in [6.45, 7) is 3.63. The number of aromatic nitrogens is 3. The monoisotopic (exact) mass is 446 g/mol. The SMILES string of the molecule is COc1cc(NC(=O)[C@@H](C)Oc2cc(-c3ccccc3)c3c(C)nn(C)c3n2)cc(OC)c1. The lowest BCUT2D eigenvalue weighted by Gasteiger charge is -2.16. The van der Waals surface area contributed by atoms with Crippen molar-refractivity contribution in [2.45, 2.75) is 20.0 Å². The van der Waals surface area contributed by atoms with Crippen molar-refractivity contribution in [2.24, 2.45) is 7.05 Å². The third-order valence-electron chi connectivity index (χ3n) is 5.32. The smallest absolute Gasteiger partial charge is 0.265 e. The molecule has 0 spiro atoms. The summed E-state index contributed by atoms with van der Waals surface area (Å²) >= 11 is 0. The zero-order valence-corrected chi connectivity index (χ0v) is 19.2. The van der Waals surface area contributed by atoms with Gasteiger partial charge in [-0.15, -0.1) is 0 Å². The maximum atomic E-state index is 12.8. The molecule has 0 aliphatic carbocycles. The van der Waals surface area contributed by atoms with Gasteiger partial charge in [-0.25, -0.2) is 0 Å². The van der Waals surface area contributed by atoms with Gasteiger partial charge < -0.3 is 19.5 Å². The van der Waals surface area contributed by atoms with Gasteiger partial charge in [-0.2, -0.15) is 10.1 Å². The fourth-order valence-electron chi connectivity index (χ4n) is 3.69. The molecular formula is C25H26N4O4. The number of carbonyl (C=O) groups excluding carboxylic acids is 1. The Balaban J connectivity index is 1.62. The Morgan fingerprint density at radius 3 is 2.33 bits per heavy atom. The van der Waals surface area contributed by atoms with E-state index in [1.165, 1.54) is 0 Å². The molecule has 2 heterocycles. The summed E-state index contributed by atoms with van der Waals surface area (Å²) in [7, 11) is 4.95. The van der Waals surface area contributed by atoms with Crippen LogP contribution in [0.2, 0.25) is 0 Å². The molecule has 0 aliphatic rings. The van der Waals surface area contributed by atoms with Crippen LogP contribution in [0.15, 0.2) is 54.6 Å². The average molecular weight is 447 g/mol. The number of ether oxygens (including phenoxy) is 3. The number of hydrogen-bond acceptors (Lipinski definition) is 6. The molecule has 8 heteroatoms. The van der Waals surface area contributed by atoms with Gasteiger partial charge in [0.15, 0.2) is 11.8 Å².